The summed E-state index contributed by atoms with van der Waals surface area (Å²) in [7, 11) is 0. The number of amides is 2. The van der Waals surface area contributed by atoms with Crippen molar-refractivity contribution in [2.75, 3.05) is 11.9 Å². The highest BCUT2D eigenvalue weighted by Crippen LogP contribution is 2.21. The average molecular weight is 528 g/mol. The van der Waals surface area contributed by atoms with Crippen molar-refractivity contribution >= 4 is 51.1 Å². The van der Waals surface area contributed by atoms with Crippen molar-refractivity contribution in [2.24, 2.45) is 0 Å². The van der Waals surface area contributed by atoms with E-state index in [1.165, 1.54) is 0 Å². The van der Waals surface area contributed by atoms with Crippen molar-refractivity contribution in [3.8, 4) is 5.75 Å². The van der Waals surface area contributed by atoms with Gasteiger partial charge in [-0.1, -0.05) is 65.1 Å². The third kappa shape index (κ3) is 7.48. The smallest absolute Gasteiger partial charge is 0.272 e. The quantitative estimate of drug-likeness (QED) is 0.241. The summed E-state index contributed by atoms with van der Waals surface area (Å²) in [6.45, 7) is 2.72. The number of unbranched alkanes of at least 4 members (excludes halogenated alkanes) is 1. The fourth-order valence-electron chi connectivity index (χ4n) is 2.87. The lowest BCUT2D eigenvalue weighted by Gasteiger charge is -2.12. The van der Waals surface area contributed by atoms with Crippen LogP contribution < -0.4 is 15.4 Å². The number of anilines is 1. The van der Waals surface area contributed by atoms with Crippen LogP contribution in [0.4, 0.5) is 5.69 Å². The molecule has 0 heterocycles. The molecule has 0 aliphatic heterocycles. The third-order valence-electron chi connectivity index (χ3n) is 4.68. The minimum absolute atomic E-state index is 0.0884. The second-order valence-electron chi connectivity index (χ2n) is 7.22. The zero-order chi connectivity index (χ0) is 23.6. The molecule has 3 aromatic carbocycles. The Morgan fingerprint density at radius 2 is 1.70 bits per heavy atom. The highest BCUT2D eigenvalue weighted by molar-refractivity contribution is 9.10. The number of nitrogens with one attached hydrogen (secondary N) is 2. The summed E-state index contributed by atoms with van der Waals surface area (Å²) in [6.07, 6.45) is 3.62. The molecule has 0 radical (unpaired) electrons. The van der Waals surface area contributed by atoms with Crippen LogP contribution in [0, 0.1) is 0 Å². The molecule has 5 nitrogen and oxygen atoms in total. The van der Waals surface area contributed by atoms with Crippen LogP contribution in [0.5, 0.6) is 5.75 Å². The number of ether oxygens (including phenoxy) is 1. The van der Waals surface area contributed by atoms with Gasteiger partial charge in [0.05, 0.1) is 17.3 Å². The van der Waals surface area contributed by atoms with Gasteiger partial charge in [0.1, 0.15) is 11.4 Å². The van der Waals surface area contributed by atoms with Gasteiger partial charge in [0.2, 0.25) is 0 Å². The molecule has 33 heavy (non-hydrogen) atoms. The van der Waals surface area contributed by atoms with Crippen LogP contribution in [-0.4, -0.2) is 18.4 Å². The Kier molecular flexibility index (Phi) is 9.10. The van der Waals surface area contributed by atoms with E-state index in [9.17, 15) is 9.59 Å². The van der Waals surface area contributed by atoms with E-state index in [0.29, 0.717) is 28.6 Å². The molecule has 0 aliphatic rings. The lowest BCUT2D eigenvalue weighted by molar-refractivity contribution is -0.113. The molecule has 0 spiro atoms. The molecule has 7 heteroatoms. The second kappa shape index (κ2) is 12.2. The Morgan fingerprint density at radius 3 is 2.36 bits per heavy atom. The molecule has 0 aromatic heterocycles. The lowest BCUT2D eigenvalue weighted by Crippen LogP contribution is -2.30. The molecular formula is C26H24BrClN2O3. The van der Waals surface area contributed by atoms with Gasteiger partial charge < -0.3 is 15.4 Å². The van der Waals surface area contributed by atoms with Gasteiger partial charge in [0.25, 0.3) is 11.8 Å². The van der Waals surface area contributed by atoms with Crippen molar-refractivity contribution in [3.63, 3.8) is 0 Å². The van der Waals surface area contributed by atoms with Crippen LogP contribution in [0.2, 0.25) is 5.02 Å². The Balaban J connectivity index is 1.80. The summed E-state index contributed by atoms with van der Waals surface area (Å²) in [4.78, 5) is 25.9. The van der Waals surface area contributed by atoms with E-state index in [2.05, 4.69) is 33.5 Å². The first-order valence-corrected chi connectivity index (χ1v) is 11.7. The first kappa shape index (κ1) is 24.6. The maximum Gasteiger partial charge on any atom is 0.272 e. The third-order valence-corrected chi connectivity index (χ3v) is 5.54. The monoisotopic (exact) mass is 526 g/mol. The lowest BCUT2D eigenvalue weighted by atomic mass is 10.1. The molecule has 3 rings (SSSR count). The molecule has 170 valence electrons. The fourth-order valence-corrected chi connectivity index (χ4v) is 3.31. The molecule has 2 amide bonds. The fraction of sp³-hybridized carbons (Fsp3) is 0.154. The van der Waals surface area contributed by atoms with Gasteiger partial charge in [0, 0.05) is 10.0 Å². The summed E-state index contributed by atoms with van der Waals surface area (Å²) in [6, 6.07) is 21.1. The number of halogens is 2. The normalized spacial score (nSPS) is 11.1. The zero-order valence-corrected chi connectivity index (χ0v) is 20.4. The Bertz CT molecular complexity index is 1130. The predicted molar refractivity (Wildman–Crippen MR) is 137 cm³/mol. The van der Waals surface area contributed by atoms with Crippen molar-refractivity contribution < 1.29 is 14.3 Å². The number of hydrogen-bond donors (Lipinski definition) is 2. The summed E-state index contributed by atoms with van der Waals surface area (Å²) >= 11 is 9.57. The molecule has 0 fully saturated rings. The molecule has 3 aromatic rings. The van der Waals surface area contributed by atoms with Crippen molar-refractivity contribution in [1.82, 2.24) is 5.32 Å². The van der Waals surface area contributed by atoms with Gasteiger partial charge in [-0.2, -0.15) is 0 Å². The maximum atomic E-state index is 13.0. The van der Waals surface area contributed by atoms with Crippen LogP contribution in [0.15, 0.2) is 83.0 Å². The van der Waals surface area contributed by atoms with Crippen molar-refractivity contribution in [1.29, 1.82) is 0 Å². The Hall–Kier alpha value is -3.09. The molecule has 0 atom stereocenters. The van der Waals surface area contributed by atoms with E-state index in [0.717, 1.165) is 22.9 Å². The molecule has 2 N–H and O–H groups in total. The first-order valence-electron chi connectivity index (χ1n) is 10.5. The Morgan fingerprint density at radius 1 is 1.00 bits per heavy atom. The minimum atomic E-state index is -0.487. The van der Waals surface area contributed by atoms with Gasteiger partial charge >= 0.3 is 0 Å². The first-order chi connectivity index (χ1) is 16.0. The second-order valence-corrected chi connectivity index (χ2v) is 8.55. The van der Waals surface area contributed by atoms with Gasteiger partial charge in [-0.25, -0.2) is 0 Å². The number of rotatable bonds is 9. The number of hydrogen-bond acceptors (Lipinski definition) is 3. The average Bonchev–Trinajstić information content (AvgIpc) is 2.82. The summed E-state index contributed by atoms with van der Waals surface area (Å²) in [5, 5.41) is 5.88. The van der Waals surface area contributed by atoms with Gasteiger partial charge in [0.15, 0.2) is 0 Å². The van der Waals surface area contributed by atoms with Gasteiger partial charge in [-0.3, -0.25) is 9.59 Å². The Labute approximate surface area is 206 Å². The van der Waals surface area contributed by atoms with Crippen LogP contribution in [0.3, 0.4) is 0 Å². The number of para-hydroxylation sites is 1. The van der Waals surface area contributed by atoms with E-state index in [1.807, 2.05) is 24.3 Å². The highest BCUT2D eigenvalue weighted by Gasteiger charge is 2.16. The van der Waals surface area contributed by atoms with E-state index < -0.39 is 11.8 Å². The van der Waals surface area contributed by atoms with Crippen molar-refractivity contribution in [3.05, 3.63) is 99.1 Å². The van der Waals surface area contributed by atoms with Gasteiger partial charge in [-0.05, 0) is 66.6 Å². The zero-order valence-electron chi connectivity index (χ0n) is 18.1. The largest absolute Gasteiger partial charge is 0.494 e. The van der Waals surface area contributed by atoms with Crippen molar-refractivity contribution in [2.45, 2.75) is 19.8 Å². The van der Waals surface area contributed by atoms with E-state index in [1.54, 1.807) is 54.6 Å². The van der Waals surface area contributed by atoms with Crippen LogP contribution in [-0.2, 0) is 4.79 Å². The summed E-state index contributed by atoms with van der Waals surface area (Å²) in [5.41, 5.74) is 1.70. The number of carbonyl (C=O) groups is 2. The SMILES string of the molecule is CCCCOc1ccc(C(=O)NC(=Cc2ccc(Br)cc2)C(=O)Nc2ccccc2Cl)cc1. The molecule has 0 saturated carbocycles. The molecule has 0 aliphatic carbocycles. The molecular weight excluding hydrogens is 504 g/mol. The topological polar surface area (TPSA) is 67.4 Å². The predicted octanol–water partition coefficient (Wildman–Crippen LogP) is 6.69. The van der Waals surface area contributed by atoms with Gasteiger partial charge in [-0.15, -0.1) is 0 Å². The van der Waals surface area contributed by atoms with E-state index >= 15 is 0 Å². The number of carbonyl (C=O) groups excluding carboxylic acids is 2. The summed E-state index contributed by atoms with van der Waals surface area (Å²) < 4.78 is 6.55. The summed E-state index contributed by atoms with van der Waals surface area (Å²) in [5.74, 6) is -0.200. The molecule has 0 bridgehead atoms. The highest BCUT2D eigenvalue weighted by atomic mass is 79.9. The van der Waals surface area contributed by atoms with E-state index in [4.69, 9.17) is 16.3 Å². The van der Waals surface area contributed by atoms with Crippen LogP contribution >= 0.6 is 27.5 Å². The van der Waals surface area contributed by atoms with Crippen LogP contribution in [0.1, 0.15) is 35.7 Å². The maximum absolute atomic E-state index is 13.0. The molecule has 0 saturated heterocycles. The van der Waals surface area contributed by atoms with Crippen LogP contribution in [0.25, 0.3) is 6.08 Å². The standard InChI is InChI=1S/C26H24BrClN2O3/c1-2-3-16-33-21-14-10-19(11-15-21)25(31)30-24(17-18-8-12-20(27)13-9-18)26(32)29-23-7-5-4-6-22(23)28/h4-15,17H,2-3,16H2,1H3,(H,29,32)(H,30,31). The number of benzene rings is 3. The van der Waals surface area contributed by atoms with E-state index in [-0.39, 0.29) is 5.70 Å². The molecule has 0 unspecified atom stereocenters. The minimum Gasteiger partial charge on any atom is -0.494 e.